The largest absolute Gasteiger partial charge is 0.433 e. The molecule has 0 spiro atoms. The second-order valence-electron chi connectivity index (χ2n) is 7.47. The average Bonchev–Trinajstić information content (AvgIpc) is 2.72. The van der Waals surface area contributed by atoms with Gasteiger partial charge >= 0.3 is 6.18 Å². The molecule has 0 radical (unpaired) electrons. The van der Waals surface area contributed by atoms with E-state index < -0.39 is 51.2 Å². The van der Waals surface area contributed by atoms with Crippen LogP contribution < -0.4 is 10.0 Å². The number of halogens is 5. The van der Waals surface area contributed by atoms with Crippen LogP contribution in [0.15, 0.2) is 24.3 Å². The number of nitrogens with zero attached hydrogens (tertiary/aromatic N) is 1. The van der Waals surface area contributed by atoms with Crippen molar-refractivity contribution in [2.45, 2.75) is 45.3 Å². The summed E-state index contributed by atoms with van der Waals surface area (Å²) in [5, 5.41) is 2.40. The van der Waals surface area contributed by atoms with Crippen molar-refractivity contribution in [1.29, 1.82) is 0 Å². The summed E-state index contributed by atoms with van der Waals surface area (Å²) in [4.78, 5) is 15.8. The first-order valence-corrected chi connectivity index (χ1v) is 12.0. The highest BCUT2D eigenvalue weighted by Gasteiger charge is 2.32. The van der Waals surface area contributed by atoms with E-state index in [9.17, 15) is 35.2 Å². The highest BCUT2D eigenvalue weighted by Crippen LogP contribution is 2.28. The van der Waals surface area contributed by atoms with E-state index in [1.54, 1.807) is 4.72 Å². The van der Waals surface area contributed by atoms with Crippen LogP contribution in [0.5, 0.6) is 0 Å². The lowest BCUT2D eigenvalue weighted by Crippen LogP contribution is -2.25. The van der Waals surface area contributed by atoms with Crippen LogP contribution in [-0.4, -0.2) is 25.6 Å². The molecule has 0 aliphatic carbocycles. The Labute approximate surface area is 194 Å². The van der Waals surface area contributed by atoms with Gasteiger partial charge in [0, 0.05) is 11.5 Å². The third-order valence-corrected chi connectivity index (χ3v) is 5.12. The molecule has 0 aliphatic heterocycles. The molecular weight excluding hydrogens is 481 g/mol. The third-order valence-electron chi connectivity index (χ3n) is 4.54. The normalized spacial score (nSPS) is 12.5. The van der Waals surface area contributed by atoms with Gasteiger partial charge in [-0.15, -0.1) is 0 Å². The Morgan fingerprint density at radius 2 is 1.79 bits per heavy atom. The monoisotopic (exact) mass is 503 g/mol. The molecule has 0 fully saturated rings. The molecule has 1 aromatic carbocycles. The minimum atomic E-state index is -4.61. The van der Waals surface area contributed by atoms with Gasteiger partial charge in [-0.3, -0.25) is 9.52 Å². The van der Waals surface area contributed by atoms with Crippen molar-refractivity contribution in [3.63, 3.8) is 0 Å². The van der Waals surface area contributed by atoms with Gasteiger partial charge in [0.25, 0.3) is 5.91 Å². The zero-order valence-electron chi connectivity index (χ0n) is 18.5. The van der Waals surface area contributed by atoms with Crippen LogP contribution in [0.3, 0.4) is 0 Å². The Morgan fingerprint density at radius 1 is 1.18 bits per heavy atom. The first-order valence-electron chi connectivity index (χ1n) is 10.1. The SMILES string of the molecule is CCCCc1nc(C(F)(F)F)ccc1C#CC(=O)N[C@H](C)c1cc(F)c(NS(C)(=O)=O)c(F)c1. The fourth-order valence-electron chi connectivity index (χ4n) is 2.87. The van der Waals surface area contributed by atoms with Gasteiger partial charge in [0.05, 0.1) is 18.0 Å². The van der Waals surface area contributed by atoms with Gasteiger partial charge in [0.2, 0.25) is 10.0 Å². The highest BCUT2D eigenvalue weighted by atomic mass is 32.2. The number of sulfonamides is 1. The number of benzene rings is 1. The van der Waals surface area contributed by atoms with E-state index in [0.29, 0.717) is 12.8 Å². The van der Waals surface area contributed by atoms with Gasteiger partial charge in [0.15, 0.2) is 11.6 Å². The van der Waals surface area contributed by atoms with Crippen LogP contribution in [0.25, 0.3) is 0 Å². The number of carbonyl (C=O) groups is 1. The van der Waals surface area contributed by atoms with E-state index in [1.165, 1.54) is 6.92 Å². The number of hydrogen-bond donors (Lipinski definition) is 2. The number of alkyl halides is 3. The predicted molar refractivity (Wildman–Crippen MR) is 116 cm³/mol. The highest BCUT2D eigenvalue weighted by molar-refractivity contribution is 7.92. The Morgan fingerprint density at radius 3 is 2.32 bits per heavy atom. The fraction of sp³-hybridized carbons (Fsp3) is 0.364. The summed E-state index contributed by atoms with van der Waals surface area (Å²) < 4.78 is 91.4. The number of hydrogen-bond acceptors (Lipinski definition) is 4. The number of rotatable bonds is 7. The summed E-state index contributed by atoms with van der Waals surface area (Å²) >= 11 is 0. The van der Waals surface area contributed by atoms with Crippen molar-refractivity contribution in [2.75, 3.05) is 11.0 Å². The summed E-state index contributed by atoms with van der Waals surface area (Å²) in [6, 6.07) is 2.72. The van der Waals surface area contributed by atoms with Gasteiger partial charge < -0.3 is 5.32 Å². The quantitative estimate of drug-likeness (QED) is 0.435. The third kappa shape index (κ3) is 7.69. The van der Waals surface area contributed by atoms with Crippen LogP contribution >= 0.6 is 0 Å². The maximum Gasteiger partial charge on any atom is 0.433 e. The van der Waals surface area contributed by atoms with Crippen molar-refractivity contribution in [3.05, 3.63) is 58.4 Å². The Bertz CT molecular complexity index is 1210. The minimum Gasteiger partial charge on any atom is -0.339 e. The molecule has 12 heteroatoms. The van der Waals surface area contributed by atoms with Gasteiger partial charge in [-0.25, -0.2) is 22.2 Å². The van der Waals surface area contributed by atoms with E-state index in [0.717, 1.165) is 30.5 Å². The maximum absolute atomic E-state index is 14.2. The standard InChI is InChI=1S/C22H22F5N3O3S/c1-4-5-6-18-14(7-9-19(29-18)22(25,26)27)8-10-20(31)28-13(2)15-11-16(23)21(17(24)12-15)30-34(3,32)33/h7,9,11-13,30H,4-6H2,1-3H3,(H,28,31)/t13-/m1/s1. The molecule has 0 bridgehead atoms. The predicted octanol–water partition coefficient (Wildman–Crippen LogP) is 4.32. The molecule has 1 heterocycles. The van der Waals surface area contributed by atoms with E-state index in [4.69, 9.17) is 0 Å². The van der Waals surface area contributed by atoms with E-state index >= 15 is 0 Å². The number of aryl methyl sites for hydroxylation is 1. The summed E-state index contributed by atoms with van der Waals surface area (Å²) in [7, 11) is -3.91. The number of amides is 1. The van der Waals surface area contributed by atoms with Gasteiger partial charge in [0.1, 0.15) is 11.4 Å². The molecule has 0 unspecified atom stereocenters. The summed E-state index contributed by atoms with van der Waals surface area (Å²) in [5.74, 6) is 1.55. The van der Waals surface area contributed by atoms with Crippen LogP contribution in [0.2, 0.25) is 0 Å². The molecule has 0 saturated heterocycles. The van der Waals surface area contributed by atoms with Crippen LogP contribution in [0.1, 0.15) is 55.2 Å². The zero-order valence-corrected chi connectivity index (χ0v) is 19.3. The molecule has 2 rings (SSSR count). The molecule has 1 atom stereocenters. The minimum absolute atomic E-state index is 0.00373. The molecule has 2 N–H and O–H groups in total. The molecule has 6 nitrogen and oxygen atoms in total. The van der Waals surface area contributed by atoms with Crippen LogP contribution in [-0.2, 0) is 27.4 Å². The Hall–Kier alpha value is -3.20. The first-order chi connectivity index (χ1) is 15.7. The van der Waals surface area contributed by atoms with E-state index in [1.807, 2.05) is 6.92 Å². The second kappa shape index (κ2) is 10.8. The average molecular weight is 503 g/mol. The topological polar surface area (TPSA) is 88.2 Å². The molecule has 184 valence electrons. The van der Waals surface area contributed by atoms with Crippen molar-refractivity contribution >= 4 is 21.6 Å². The Kier molecular flexibility index (Phi) is 8.61. The summed E-state index contributed by atoms with van der Waals surface area (Å²) in [6.07, 6.45) is -2.34. The summed E-state index contributed by atoms with van der Waals surface area (Å²) in [5.41, 5.74) is -1.62. The summed E-state index contributed by atoms with van der Waals surface area (Å²) in [6.45, 7) is 3.28. The number of aromatic nitrogens is 1. The molecule has 1 amide bonds. The van der Waals surface area contributed by atoms with Crippen LogP contribution in [0.4, 0.5) is 27.6 Å². The number of carbonyl (C=O) groups excluding carboxylic acids is 1. The maximum atomic E-state index is 14.2. The smallest absolute Gasteiger partial charge is 0.339 e. The van der Waals surface area contributed by atoms with Gasteiger partial charge in [-0.2, -0.15) is 13.2 Å². The molecule has 0 saturated carbocycles. The number of nitrogens with one attached hydrogen (secondary N) is 2. The van der Waals surface area contributed by atoms with Gasteiger partial charge in [-0.05, 0) is 49.6 Å². The second-order valence-corrected chi connectivity index (χ2v) is 9.22. The van der Waals surface area contributed by atoms with Crippen molar-refractivity contribution < 1.29 is 35.2 Å². The first kappa shape index (κ1) is 27.0. The number of pyridine rings is 1. The zero-order chi connectivity index (χ0) is 25.7. The molecule has 34 heavy (non-hydrogen) atoms. The fourth-order valence-corrected chi connectivity index (χ4v) is 3.44. The van der Waals surface area contributed by atoms with Crippen molar-refractivity contribution in [2.24, 2.45) is 0 Å². The molecule has 1 aromatic heterocycles. The Balaban J connectivity index is 2.22. The molecule has 0 aliphatic rings. The van der Waals surface area contributed by atoms with E-state index in [-0.39, 0.29) is 23.2 Å². The van der Waals surface area contributed by atoms with E-state index in [2.05, 4.69) is 22.1 Å². The lowest BCUT2D eigenvalue weighted by molar-refractivity contribution is -0.141. The van der Waals surface area contributed by atoms with Crippen molar-refractivity contribution in [1.82, 2.24) is 10.3 Å². The van der Waals surface area contributed by atoms with Gasteiger partial charge in [-0.1, -0.05) is 19.3 Å². The number of anilines is 1. The van der Waals surface area contributed by atoms with Crippen molar-refractivity contribution in [3.8, 4) is 11.8 Å². The molecule has 2 aromatic rings. The lowest BCUT2D eigenvalue weighted by Gasteiger charge is -2.15. The molecular formula is C22H22F5N3O3S. The number of unbranched alkanes of at least 4 members (excludes halogenated alkanes) is 1. The lowest BCUT2D eigenvalue weighted by atomic mass is 10.1. The van der Waals surface area contributed by atoms with Crippen LogP contribution in [0, 0.1) is 23.5 Å².